The summed E-state index contributed by atoms with van der Waals surface area (Å²) in [5, 5.41) is 23.1. The van der Waals surface area contributed by atoms with Crippen molar-refractivity contribution in [1.29, 1.82) is 0 Å². The molecule has 0 radical (unpaired) electrons. The van der Waals surface area contributed by atoms with E-state index in [2.05, 4.69) is 0 Å². The van der Waals surface area contributed by atoms with Crippen LogP contribution in [0.2, 0.25) is 0 Å². The first-order valence-corrected chi connectivity index (χ1v) is 8.35. The number of nitrogens with two attached hydrogens (primary N) is 1. The Morgan fingerprint density at radius 3 is 2.38 bits per heavy atom. The number of hydrogen-bond acceptors (Lipinski definition) is 4. The molecule has 3 aromatic rings. The highest BCUT2D eigenvalue weighted by Crippen LogP contribution is 2.46. The lowest BCUT2D eigenvalue weighted by molar-refractivity contribution is 0.468. The van der Waals surface area contributed by atoms with Gasteiger partial charge >= 0.3 is 0 Å². The number of nitrogen functional groups attached to an aromatic ring is 1. The first kappa shape index (κ1) is 14.8. The van der Waals surface area contributed by atoms with Crippen LogP contribution in [0.1, 0.15) is 22.3 Å². The molecule has 120 valence electrons. The molecule has 0 fully saturated rings. The van der Waals surface area contributed by atoms with Crippen LogP contribution in [-0.4, -0.2) is 10.2 Å². The van der Waals surface area contributed by atoms with Gasteiger partial charge in [-0.25, -0.2) is 4.39 Å². The molecule has 1 heterocycles. The van der Waals surface area contributed by atoms with Gasteiger partial charge in [-0.1, -0.05) is 12.1 Å². The maximum Gasteiger partial charge on any atom is 0.131 e. The highest BCUT2D eigenvalue weighted by Gasteiger charge is 2.28. The molecule has 0 spiro atoms. The van der Waals surface area contributed by atoms with E-state index in [1.54, 1.807) is 30.3 Å². The van der Waals surface area contributed by atoms with Crippen molar-refractivity contribution in [2.24, 2.45) is 0 Å². The van der Waals surface area contributed by atoms with Crippen molar-refractivity contribution in [3.8, 4) is 11.5 Å². The minimum atomic E-state index is -0.426. The number of fused-ring (bicyclic) bond motifs is 1. The van der Waals surface area contributed by atoms with E-state index in [4.69, 9.17) is 5.73 Å². The summed E-state index contributed by atoms with van der Waals surface area (Å²) in [6.45, 7) is 0. The zero-order chi connectivity index (χ0) is 16.8. The van der Waals surface area contributed by atoms with Crippen molar-refractivity contribution in [1.82, 2.24) is 0 Å². The predicted molar refractivity (Wildman–Crippen MR) is 94.5 cm³/mol. The third-order valence-electron chi connectivity index (χ3n) is 4.28. The Labute approximate surface area is 142 Å². The molecule has 5 heteroatoms. The van der Waals surface area contributed by atoms with E-state index in [1.807, 2.05) is 10.8 Å². The largest absolute Gasteiger partial charge is 0.508 e. The van der Waals surface area contributed by atoms with Gasteiger partial charge in [0, 0.05) is 34.4 Å². The molecule has 0 atom stereocenters. The maximum absolute atomic E-state index is 14.4. The fraction of sp³-hybridized carbons (Fsp3) is 0.0526. The predicted octanol–water partition coefficient (Wildman–Crippen LogP) is 4.40. The van der Waals surface area contributed by atoms with Gasteiger partial charge in [0.2, 0.25) is 0 Å². The summed E-state index contributed by atoms with van der Waals surface area (Å²) in [5.74, 6) is -0.357. The third-order valence-corrected chi connectivity index (χ3v) is 5.04. The number of aromatic hydroxyl groups is 2. The highest BCUT2D eigenvalue weighted by molar-refractivity contribution is 7.08. The number of benzene rings is 2. The quantitative estimate of drug-likeness (QED) is 0.648. The summed E-state index contributed by atoms with van der Waals surface area (Å²) in [4.78, 5) is 0. The molecule has 0 saturated carbocycles. The summed E-state index contributed by atoms with van der Waals surface area (Å²) >= 11 is 1.48. The average Bonchev–Trinajstić information content (AvgIpc) is 3.11. The Hall–Kier alpha value is -2.79. The van der Waals surface area contributed by atoms with Crippen molar-refractivity contribution in [3.05, 3.63) is 75.2 Å². The summed E-state index contributed by atoms with van der Waals surface area (Å²) < 4.78 is 14.4. The highest BCUT2D eigenvalue weighted by atomic mass is 32.1. The Morgan fingerprint density at radius 2 is 1.71 bits per heavy atom. The average molecular weight is 339 g/mol. The Kier molecular flexibility index (Phi) is 3.32. The number of anilines is 1. The monoisotopic (exact) mass is 339 g/mol. The van der Waals surface area contributed by atoms with E-state index in [0.717, 1.165) is 28.3 Å². The molecule has 24 heavy (non-hydrogen) atoms. The molecule has 1 aliphatic carbocycles. The van der Waals surface area contributed by atoms with E-state index in [1.165, 1.54) is 11.3 Å². The number of allylic oxidation sites excluding steroid dienone is 1. The fourth-order valence-corrected chi connectivity index (χ4v) is 3.91. The van der Waals surface area contributed by atoms with Crippen molar-refractivity contribution in [2.45, 2.75) is 6.42 Å². The van der Waals surface area contributed by atoms with E-state index >= 15 is 0 Å². The zero-order valence-electron chi connectivity index (χ0n) is 12.6. The lowest BCUT2D eigenvalue weighted by Crippen LogP contribution is -1.93. The first-order chi connectivity index (χ1) is 11.5. The van der Waals surface area contributed by atoms with Crippen LogP contribution in [0, 0.1) is 5.82 Å². The molecule has 1 aromatic heterocycles. The van der Waals surface area contributed by atoms with Crippen LogP contribution in [0.25, 0.3) is 11.1 Å². The summed E-state index contributed by atoms with van der Waals surface area (Å²) in [6.07, 6.45) is 0.414. The standard InChI is InChI=1S/C19H14FNO2S/c20-17-6-12(23)5-15-14(17)7-13(10-1-3-11(22)4-2-10)19(15)16-8-24-9-18(16)21/h1-6,8-9,22-23H,7,21H2. The Balaban J connectivity index is 2.00. The number of phenols is 2. The SMILES string of the molecule is Nc1cscc1C1=C(c2ccc(O)cc2)Cc2c(F)cc(O)cc21. The van der Waals surface area contributed by atoms with Gasteiger partial charge in [0.05, 0.1) is 5.69 Å². The van der Waals surface area contributed by atoms with Gasteiger partial charge in [0.1, 0.15) is 17.3 Å². The van der Waals surface area contributed by atoms with Crippen LogP contribution in [0.15, 0.2) is 47.2 Å². The zero-order valence-corrected chi connectivity index (χ0v) is 13.4. The van der Waals surface area contributed by atoms with E-state index in [0.29, 0.717) is 23.2 Å². The molecular weight excluding hydrogens is 325 g/mol. The lowest BCUT2D eigenvalue weighted by Gasteiger charge is -2.10. The van der Waals surface area contributed by atoms with Crippen molar-refractivity contribution >= 4 is 28.2 Å². The second-order valence-corrected chi connectivity index (χ2v) is 6.52. The van der Waals surface area contributed by atoms with E-state index in [9.17, 15) is 14.6 Å². The van der Waals surface area contributed by atoms with Crippen molar-refractivity contribution < 1.29 is 14.6 Å². The fourth-order valence-electron chi connectivity index (χ4n) is 3.18. The number of halogens is 1. The summed E-state index contributed by atoms with van der Waals surface area (Å²) in [7, 11) is 0. The van der Waals surface area contributed by atoms with Crippen LogP contribution in [0.4, 0.5) is 10.1 Å². The van der Waals surface area contributed by atoms with Crippen molar-refractivity contribution in [3.63, 3.8) is 0 Å². The van der Waals surface area contributed by atoms with E-state index in [-0.39, 0.29) is 11.5 Å². The minimum Gasteiger partial charge on any atom is -0.508 e. The number of phenolic OH excluding ortho intramolecular Hbond substituents is 2. The molecular formula is C19H14FNO2S. The second kappa shape index (κ2) is 5.39. The molecule has 0 saturated heterocycles. The number of hydrogen-bond donors (Lipinski definition) is 3. The molecule has 4 N–H and O–H groups in total. The van der Waals surface area contributed by atoms with Crippen LogP contribution >= 0.6 is 11.3 Å². The van der Waals surface area contributed by atoms with Gasteiger partial charge in [-0.05, 0) is 40.5 Å². The Bertz CT molecular complexity index is 974. The molecule has 0 bridgehead atoms. The molecule has 0 aliphatic heterocycles. The number of thiophene rings is 1. The molecule has 3 nitrogen and oxygen atoms in total. The molecule has 0 unspecified atom stereocenters. The number of rotatable bonds is 2. The van der Waals surface area contributed by atoms with Gasteiger partial charge in [-0.2, -0.15) is 0 Å². The topological polar surface area (TPSA) is 66.5 Å². The second-order valence-electron chi connectivity index (χ2n) is 5.77. The van der Waals surface area contributed by atoms with Crippen LogP contribution in [0.5, 0.6) is 11.5 Å². The smallest absolute Gasteiger partial charge is 0.131 e. The summed E-state index contributed by atoms with van der Waals surface area (Å²) in [6, 6.07) is 9.53. The van der Waals surface area contributed by atoms with Gasteiger partial charge < -0.3 is 15.9 Å². The van der Waals surface area contributed by atoms with E-state index < -0.39 is 5.82 Å². The normalized spacial score (nSPS) is 13.4. The molecule has 1 aliphatic rings. The van der Waals surface area contributed by atoms with Crippen LogP contribution in [-0.2, 0) is 6.42 Å². The lowest BCUT2D eigenvalue weighted by atomic mass is 9.95. The minimum absolute atomic E-state index is 0.107. The first-order valence-electron chi connectivity index (χ1n) is 7.41. The third kappa shape index (κ3) is 2.25. The molecule has 0 amide bonds. The van der Waals surface area contributed by atoms with Gasteiger partial charge in [-0.3, -0.25) is 0 Å². The van der Waals surface area contributed by atoms with Gasteiger partial charge in [0.25, 0.3) is 0 Å². The van der Waals surface area contributed by atoms with Crippen LogP contribution < -0.4 is 5.73 Å². The van der Waals surface area contributed by atoms with Gasteiger partial charge in [-0.15, -0.1) is 11.3 Å². The Morgan fingerprint density at radius 1 is 0.958 bits per heavy atom. The molecule has 4 rings (SSSR count). The maximum atomic E-state index is 14.4. The van der Waals surface area contributed by atoms with Crippen LogP contribution in [0.3, 0.4) is 0 Å². The molecule has 2 aromatic carbocycles. The van der Waals surface area contributed by atoms with Crippen molar-refractivity contribution in [2.75, 3.05) is 5.73 Å². The van der Waals surface area contributed by atoms with Gasteiger partial charge in [0.15, 0.2) is 0 Å². The summed E-state index contributed by atoms with van der Waals surface area (Å²) in [5.41, 5.74) is 11.4.